The molecule has 2 aliphatic rings. The number of thioether (sulfide) groups is 1. The maximum absolute atomic E-state index is 13.1. The lowest BCUT2D eigenvalue weighted by Gasteiger charge is -2.58. The fourth-order valence-corrected chi connectivity index (χ4v) is 7.91. The molecule has 1 saturated carbocycles. The number of anilines is 1. The smallest absolute Gasteiger partial charge is 0.236 e. The fourth-order valence-electron chi connectivity index (χ4n) is 5.84. The van der Waals surface area contributed by atoms with E-state index in [9.17, 15) is 19.8 Å². The molecule has 4 rings (SSSR count). The monoisotopic (exact) mass is 523 g/mol. The van der Waals surface area contributed by atoms with Gasteiger partial charge in [0.15, 0.2) is 5.13 Å². The number of amides is 2. The van der Waals surface area contributed by atoms with Crippen LogP contribution in [0, 0.1) is 16.7 Å². The predicted octanol–water partition coefficient (Wildman–Crippen LogP) is 3.63. The highest BCUT2D eigenvalue weighted by molar-refractivity contribution is 7.99. The summed E-state index contributed by atoms with van der Waals surface area (Å²) in [6.07, 6.45) is 3.56. The zero-order chi connectivity index (χ0) is 24.5. The van der Waals surface area contributed by atoms with Crippen LogP contribution < -0.4 is 10.6 Å². The number of hydrogen-bond acceptors (Lipinski definition) is 8. The topological polar surface area (TPSA) is 112 Å². The highest BCUT2D eigenvalue weighted by Crippen LogP contribution is 2.62. The van der Waals surface area contributed by atoms with Gasteiger partial charge in [-0.2, -0.15) is 11.8 Å². The minimum Gasteiger partial charge on any atom is -0.396 e. The van der Waals surface area contributed by atoms with Gasteiger partial charge >= 0.3 is 0 Å². The number of fused-ring (bicyclic) bond motifs is 2. The summed E-state index contributed by atoms with van der Waals surface area (Å²) < 4.78 is 0. The van der Waals surface area contributed by atoms with Gasteiger partial charge in [0.2, 0.25) is 11.8 Å². The van der Waals surface area contributed by atoms with Crippen LogP contribution in [0.4, 0.5) is 5.13 Å². The van der Waals surface area contributed by atoms with E-state index in [4.69, 9.17) is 4.98 Å². The van der Waals surface area contributed by atoms with E-state index < -0.39 is 11.5 Å². The van der Waals surface area contributed by atoms with Gasteiger partial charge in [-0.1, -0.05) is 19.9 Å². The Hall–Kier alpha value is -1.46. The van der Waals surface area contributed by atoms with Crippen molar-refractivity contribution in [2.24, 2.45) is 16.7 Å². The van der Waals surface area contributed by atoms with Crippen molar-refractivity contribution in [2.45, 2.75) is 58.1 Å². The Morgan fingerprint density at radius 2 is 2.12 bits per heavy atom. The second-order valence-electron chi connectivity index (χ2n) is 9.90. The van der Waals surface area contributed by atoms with E-state index in [0.717, 1.165) is 21.9 Å². The lowest BCUT2D eigenvalue weighted by atomic mass is 9.47. The van der Waals surface area contributed by atoms with Gasteiger partial charge in [-0.3, -0.25) is 9.59 Å². The molecule has 0 spiro atoms. The molecule has 4 N–H and O–H groups in total. The molecular formula is C24H33N3O4S3. The molecule has 0 saturated heterocycles. The van der Waals surface area contributed by atoms with Crippen LogP contribution in [0.15, 0.2) is 17.5 Å². The molecule has 186 valence electrons. The minimum atomic E-state index is -0.664. The van der Waals surface area contributed by atoms with Gasteiger partial charge in [-0.15, -0.1) is 22.7 Å². The van der Waals surface area contributed by atoms with Crippen molar-refractivity contribution in [3.8, 4) is 0 Å². The molecule has 7 nitrogen and oxygen atoms in total. The summed E-state index contributed by atoms with van der Waals surface area (Å²) in [6, 6.07) is 3.97. The molecule has 2 aliphatic carbocycles. The van der Waals surface area contributed by atoms with Crippen LogP contribution in [-0.2, 0) is 22.6 Å². The SMILES string of the molecule is CSCC(=O)Nc1nc2c(s1)CC1C(C)(CO)C(O)CCC1(C)C2CC(=O)NCc1cccs1. The van der Waals surface area contributed by atoms with Crippen LogP contribution >= 0.6 is 34.4 Å². The number of thiophene rings is 1. The third-order valence-corrected chi connectivity index (χ3v) is 10.3. The zero-order valence-corrected chi connectivity index (χ0v) is 22.2. The van der Waals surface area contributed by atoms with Crippen LogP contribution in [0.1, 0.15) is 54.5 Å². The normalized spacial score (nSPS) is 30.3. The summed E-state index contributed by atoms with van der Waals surface area (Å²) in [5.41, 5.74) is -0.0903. The Bertz CT molecular complexity index is 1030. The van der Waals surface area contributed by atoms with E-state index in [1.54, 1.807) is 11.3 Å². The predicted molar refractivity (Wildman–Crippen MR) is 138 cm³/mol. The highest BCUT2D eigenvalue weighted by Gasteiger charge is 2.59. The van der Waals surface area contributed by atoms with Crippen LogP contribution in [-0.4, -0.2) is 51.7 Å². The zero-order valence-electron chi connectivity index (χ0n) is 19.8. The molecule has 2 amide bonds. The summed E-state index contributed by atoms with van der Waals surface area (Å²) in [6.45, 7) is 4.53. The molecule has 0 aliphatic heterocycles. The van der Waals surface area contributed by atoms with Crippen molar-refractivity contribution in [1.29, 1.82) is 0 Å². The molecule has 1 fully saturated rings. The molecular weight excluding hydrogens is 490 g/mol. The van der Waals surface area contributed by atoms with E-state index in [2.05, 4.69) is 17.6 Å². The van der Waals surface area contributed by atoms with Crippen molar-refractivity contribution in [2.75, 3.05) is 23.9 Å². The van der Waals surface area contributed by atoms with Crippen molar-refractivity contribution >= 4 is 51.4 Å². The first-order valence-electron chi connectivity index (χ1n) is 11.6. The van der Waals surface area contributed by atoms with E-state index in [1.165, 1.54) is 23.1 Å². The van der Waals surface area contributed by atoms with E-state index in [1.807, 2.05) is 30.7 Å². The molecule has 2 heterocycles. The first-order valence-corrected chi connectivity index (χ1v) is 14.7. The highest BCUT2D eigenvalue weighted by atomic mass is 32.2. The first-order chi connectivity index (χ1) is 16.2. The third kappa shape index (κ3) is 4.80. The van der Waals surface area contributed by atoms with E-state index >= 15 is 0 Å². The number of hydrogen-bond donors (Lipinski definition) is 4. The first kappa shape index (κ1) is 25.6. The lowest BCUT2D eigenvalue weighted by molar-refractivity contribution is -0.144. The van der Waals surface area contributed by atoms with E-state index in [0.29, 0.717) is 30.3 Å². The summed E-state index contributed by atoms with van der Waals surface area (Å²) in [7, 11) is 0. The average molecular weight is 524 g/mol. The van der Waals surface area contributed by atoms with Gasteiger partial charge in [0, 0.05) is 27.5 Å². The minimum absolute atomic E-state index is 0.00783. The number of rotatable bonds is 8. The van der Waals surface area contributed by atoms with Gasteiger partial charge < -0.3 is 20.8 Å². The maximum atomic E-state index is 13.1. The molecule has 5 atom stereocenters. The molecule has 0 bridgehead atoms. The second kappa shape index (κ2) is 10.3. The number of thiazole rings is 1. The van der Waals surface area contributed by atoms with Gasteiger partial charge in [0.1, 0.15) is 0 Å². The quantitative estimate of drug-likeness (QED) is 0.421. The summed E-state index contributed by atoms with van der Waals surface area (Å²) in [4.78, 5) is 32.2. The Labute approximate surface area is 212 Å². The Morgan fingerprint density at radius 3 is 2.79 bits per heavy atom. The van der Waals surface area contributed by atoms with Crippen LogP contribution in [0.3, 0.4) is 0 Å². The third-order valence-electron chi connectivity index (χ3n) is 7.84. The van der Waals surface area contributed by atoms with Crippen LogP contribution in [0.25, 0.3) is 0 Å². The molecule has 2 aromatic heterocycles. The summed E-state index contributed by atoms with van der Waals surface area (Å²) in [5.74, 6) is 0.0533. The Morgan fingerprint density at radius 1 is 1.32 bits per heavy atom. The average Bonchev–Trinajstić information content (AvgIpc) is 3.46. The number of aromatic nitrogens is 1. The maximum Gasteiger partial charge on any atom is 0.236 e. The van der Waals surface area contributed by atoms with Gasteiger partial charge in [0.05, 0.1) is 30.7 Å². The number of carbonyl (C=O) groups excluding carboxylic acids is 2. The fraction of sp³-hybridized carbons (Fsp3) is 0.625. The number of nitrogens with one attached hydrogen (secondary N) is 2. The van der Waals surface area contributed by atoms with Crippen LogP contribution in [0.5, 0.6) is 0 Å². The Balaban J connectivity index is 1.65. The number of carbonyl (C=O) groups is 2. The molecule has 10 heteroatoms. The van der Waals surface area contributed by atoms with Crippen LogP contribution in [0.2, 0.25) is 0 Å². The Kier molecular flexibility index (Phi) is 7.74. The molecule has 34 heavy (non-hydrogen) atoms. The standard InChI is InChI=1S/C24H33N3O4S3/c1-23-7-6-18(29)24(2,13-28)17(23)10-16-21(27-22(34-16)26-20(31)12-32-3)15(23)9-19(30)25-11-14-5-4-8-33-14/h4-5,8,15,17-18,28-29H,6-7,9-13H2,1-3H3,(H,25,30)(H,26,27,31). The van der Waals surface area contributed by atoms with E-state index in [-0.39, 0.29) is 42.1 Å². The van der Waals surface area contributed by atoms with Crippen molar-refractivity contribution in [1.82, 2.24) is 10.3 Å². The lowest BCUT2D eigenvalue weighted by Crippen LogP contribution is -2.57. The second-order valence-corrected chi connectivity index (χ2v) is 12.9. The number of aliphatic hydroxyl groups excluding tert-OH is 2. The van der Waals surface area contributed by atoms with Crippen molar-refractivity contribution < 1.29 is 19.8 Å². The number of aliphatic hydroxyl groups is 2. The molecule has 0 radical (unpaired) electrons. The molecule has 0 aromatic carbocycles. The summed E-state index contributed by atoms with van der Waals surface area (Å²) >= 11 is 4.52. The van der Waals surface area contributed by atoms with Gasteiger partial charge in [0.25, 0.3) is 0 Å². The van der Waals surface area contributed by atoms with Crippen molar-refractivity contribution in [3.63, 3.8) is 0 Å². The summed E-state index contributed by atoms with van der Waals surface area (Å²) in [5, 5.41) is 29.7. The molecule has 5 unspecified atom stereocenters. The van der Waals surface area contributed by atoms with Gasteiger partial charge in [-0.25, -0.2) is 4.98 Å². The number of nitrogens with zero attached hydrogens (tertiary/aromatic N) is 1. The molecule has 2 aromatic rings. The van der Waals surface area contributed by atoms with Crippen molar-refractivity contribution in [3.05, 3.63) is 33.0 Å². The largest absolute Gasteiger partial charge is 0.396 e. The van der Waals surface area contributed by atoms with Gasteiger partial charge in [-0.05, 0) is 48.3 Å².